The molecule has 1 unspecified atom stereocenters. The zero-order valence-corrected chi connectivity index (χ0v) is 17.9. The minimum atomic E-state index is -0.583. The van der Waals surface area contributed by atoms with Crippen molar-refractivity contribution in [2.45, 2.75) is 18.9 Å². The smallest absolute Gasteiger partial charge is 0.373 e. The molecule has 31 heavy (non-hydrogen) atoms. The Balaban J connectivity index is 1.52. The predicted molar refractivity (Wildman–Crippen MR) is 111 cm³/mol. The molecule has 9 nitrogen and oxygen atoms in total. The number of amides is 2. The lowest BCUT2D eigenvalue weighted by Gasteiger charge is -2.23. The van der Waals surface area contributed by atoms with E-state index < -0.39 is 11.9 Å². The van der Waals surface area contributed by atoms with Crippen LogP contribution in [0.5, 0.6) is 6.01 Å². The molecule has 1 aliphatic rings. The van der Waals surface area contributed by atoms with E-state index in [1.807, 2.05) is 6.20 Å². The molecule has 2 heterocycles. The highest BCUT2D eigenvalue weighted by Gasteiger charge is 2.35. The number of aryl methyl sites for hydroxylation is 2. The maximum atomic E-state index is 13.4. The summed E-state index contributed by atoms with van der Waals surface area (Å²) >= 11 is 5.80. The Morgan fingerprint density at radius 3 is 2.81 bits per heavy atom. The number of benzene rings is 1. The van der Waals surface area contributed by atoms with Crippen LogP contribution in [0.25, 0.3) is 0 Å². The first-order chi connectivity index (χ1) is 14.7. The van der Waals surface area contributed by atoms with Crippen molar-refractivity contribution in [1.82, 2.24) is 24.2 Å². The summed E-state index contributed by atoms with van der Waals surface area (Å²) in [6, 6.07) is 3.72. The van der Waals surface area contributed by atoms with Gasteiger partial charge in [0.2, 0.25) is 0 Å². The second kappa shape index (κ2) is 8.03. The Morgan fingerprint density at radius 1 is 1.35 bits per heavy atom. The number of nitrogens with zero attached hydrogens (tertiary/aromatic N) is 5. The summed E-state index contributed by atoms with van der Waals surface area (Å²) < 4.78 is 21.8. The molecular formula is C20H20ClFN6O3. The van der Waals surface area contributed by atoms with Crippen LogP contribution in [-0.2, 0) is 20.5 Å². The van der Waals surface area contributed by atoms with Gasteiger partial charge in [-0.05, 0) is 42.2 Å². The van der Waals surface area contributed by atoms with Crippen molar-refractivity contribution in [2.24, 2.45) is 14.1 Å². The number of aromatic nitrogens is 4. The lowest BCUT2D eigenvalue weighted by molar-refractivity contribution is 0.101. The van der Waals surface area contributed by atoms with Gasteiger partial charge in [0.05, 0.1) is 11.1 Å². The lowest BCUT2D eigenvalue weighted by atomic mass is 10.1. The number of rotatable bonds is 4. The van der Waals surface area contributed by atoms with Gasteiger partial charge in [0, 0.05) is 33.0 Å². The highest BCUT2D eigenvalue weighted by molar-refractivity contribution is 6.31. The number of halogens is 2. The average Bonchev–Trinajstić information content (AvgIpc) is 3.38. The first-order valence-corrected chi connectivity index (χ1v) is 9.87. The number of nitrogens with one attached hydrogen (secondary N) is 1. The molecule has 162 valence electrons. The Bertz CT molecular complexity index is 1170. The van der Waals surface area contributed by atoms with Crippen molar-refractivity contribution >= 4 is 29.3 Å². The third kappa shape index (κ3) is 3.98. The molecule has 1 aromatic carbocycles. The molecule has 0 saturated carbocycles. The maximum absolute atomic E-state index is 13.4. The van der Waals surface area contributed by atoms with E-state index in [4.69, 9.17) is 16.3 Å². The number of fused-ring (bicyclic) bond motifs is 1. The molecule has 3 aromatic rings. The first kappa shape index (κ1) is 20.9. The van der Waals surface area contributed by atoms with Gasteiger partial charge in [-0.1, -0.05) is 11.6 Å². The monoisotopic (exact) mass is 446 g/mol. The maximum Gasteiger partial charge on any atom is 0.417 e. The van der Waals surface area contributed by atoms with Gasteiger partial charge in [0.15, 0.2) is 0 Å². The van der Waals surface area contributed by atoms with Crippen LogP contribution in [0.4, 0.5) is 14.9 Å². The van der Waals surface area contributed by atoms with Gasteiger partial charge in [-0.15, -0.1) is 5.10 Å². The van der Waals surface area contributed by atoms with Gasteiger partial charge in [0.1, 0.15) is 17.8 Å². The Morgan fingerprint density at radius 2 is 2.13 bits per heavy atom. The van der Waals surface area contributed by atoms with Crippen molar-refractivity contribution in [3.63, 3.8) is 0 Å². The Hall–Kier alpha value is -3.40. The standard InChI is InChI=1S/C20H20ClFN6O3/c1-26-9-13-12(17(26)18(29)24-11-4-6-15(22)14(21)8-11)5-7-16(13)28(3)20(30)31-19-23-10-27(2)25-19/h4,6,8-10,16H,5,7H2,1-3H3,(H,24,29). The molecule has 0 fully saturated rings. The molecule has 1 N–H and O–H groups in total. The topological polar surface area (TPSA) is 94.3 Å². The molecular weight excluding hydrogens is 427 g/mol. The number of anilines is 1. The van der Waals surface area contributed by atoms with Crippen LogP contribution in [-0.4, -0.2) is 43.3 Å². The SMILES string of the molecule is CN(C(=O)Oc1ncn(C)n1)C1CCc2c1cn(C)c2C(=O)Nc1ccc(F)c(Cl)c1. The predicted octanol–water partition coefficient (Wildman–Crippen LogP) is 3.32. The lowest BCUT2D eigenvalue weighted by Crippen LogP contribution is -2.32. The second-order valence-corrected chi connectivity index (χ2v) is 7.75. The molecule has 0 radical (unpaired) electrons. The zero-order chi connectivity index (χ0) is 22.3. The number of carbonyl (C=O) groups is 2. The Kier molecular flexibility index (Phi) is 5.40. The molecule has 0 saturated heterocycles. The fraction of sp³-hybridized carbons (Fsp3) is 0.300. The molecule has 4 rings (SSSR count). The van der Waals surface area contributed by atoms with Crippen LogP contribution >= 0.6 is 11.6 Å². The van der Waals surface area contributed by atoms with Crippen molar-refractivity contribution in [3.05, 3.63) is 58.4 Å². The summed E-state index contributed by atoms with van der Waals surface area (Å²) in [4.78, 5) is 30.8. The Labute approximate surface area is 182 Å². The van der Waals surface area contributed by atoms with E-state index in [-0.39, 0.29) is 23.0 Å². The molecule has 0 bridgehead atoms. The van der Waals surface area contributed by atoms with Gasteiger partial charge in [-0.25, -0.2) is 9.18 Å². The highest BCUT2D eigenvalue weighted by atomic mass is 35.5. The van der Waals surface area contributed by atoms with Gasteiger partial charge >= 0.3 is 12.1 Å². The fourth-order valence-electron chi connectivity index (χ4n) is 3.79. The van der Waals surface area contributed by atoms with Crippen molar-refractivity contribution in [3.8, 4) is 6.01 Å². The van der Waals surface area contributed by atoms with Crippen molar-refractivity contribution in [1.29, 1.82) is 0 Å². The molecule has 2 aromatic heterocycles. The van der Waals surface area contributed by atoms with Crippen LogP contribution < -0.4 is 10.1 Å². The molecule has 2 amide bonds. The van der Waals surface area contributed by atoms with Gasteiger partial charge in [0.25, 0.3) is 5.91 Å². The molecule has 1 aliphatic carbocycles. The highest BCUT2D eigenvalue weighted by Crippen LogP contribution is 2.38. The quantitative estimate of drug-likeness (QED) is 0.663. The van der Waals surface area contributed by atoms with Crippen LogP contribution in [0.3, 0.4) is 0 Å². The van der Waals surface area contributed by atoms with Gasteiger partial charge < -0.3 is 19.5 Å². The molecule has 0 aliphatic heterocycles. The summed E-state index contributed by atoms with van der Waals surface area (Å²) in [5.41, 5.74) is 2.60. The summed E-state index contributed by atoms with van der Waals surface area (Å²) in [7, 11) is 5.07. The second-order valence-electron chi connectivity index (χ2n) is 7.34. The van der Waals surface area contributed by atoms with E-state index in [0.29, 0.717) is 24.2 Å². The largest absolute Gasteiger partial charge is 0.417 e. The van der Waals surface area contributed by atoms with E-state index >= 15 is 0 Å². The van der Waals surface area contributed by atoms with Crippen molar-refractivity contribution in [2.75, 3.05) is 12.4 Å². The normalized spacial score (nSPS) is 14.9. The van der Waals surface area contributed by atoms with E-state index in [1.54, 1.807) is 25.7 Å². The average molecular weight is 447 g/mol. The molecule has 1 atom stereocenters. The number of carbonyl (C=O) groups excluding carboxylic acids is 2. The van der Waals surface area contributed by atoms with E-state index in [2.05, 4.69) is 15.4 Å². The third-order valence-corrected chi connectivity index (χ3v) is 5.54. The minimum absolute atomic E-state index is 0.0244. The van der Waals surface area contributed by atoms with Crippen LogP contribution in [0.2, 0.25) is 5.02 Å². The van der Waals surface area contributed by atoms with Crippen LogP contribution in [0.15, 0.2) is 30.7 Å². The zero-order valence-electron chi connectivity index (χ0n) is 17.1. The van der Waals surface area contributed by atoms with Crippen molar-refractivity contribution < 1.29 is 18.7 Å². The van der Waals surface area contributed by atoms with Crippen LogP contribution in [0.1, 0.15) is 34.1 Å². The summed E-state index contributed by atoms with van der Waals surface area (Å²) in [6.45, 7) is 0. The number of ether oxygens (including phenoxy) is 1. The van der Waals surface area contributed by atoms with Crippen LogP contribution in [0, 0.1) is 5.82 Å². The number of hydrogen-bond acceptors (Lipinski definition) is 5. The number of hydrogen-bond donors (Lipinski definition) is 1. The van der Waals surface area contributed by atoms with Gasteiger partial charge in [-0.2, -0.15) is 4.98 Å². The fourth-order valence-corrected chi connectivity index (χ4v) is 3.97. The summed E-state index contributed by atoms with van der Waals surface area (Å²) in [5, 5.41) is 6.62. The molecule has 11 heteroatoms. The van der Waals surface area contributed by atoms with Gasteiger partial charge in [-0.3, -0.25) is 9.48 Å². The summed E-state index contributed by atoms with van der Waals surface area (Å²) in [6.07, 6.45) is 3.96. The third-order valence-electron chi connectivity index (χ3n) is 5.25. The van der Waals surface area contributed by atoms with E-state index in [9.17, 15) is 14.0 Å². The van der Waals surface area contributed by atoms with E-state index in [1.165, 1.54) is 34.1 Å². The van der Waals surface area contributed by atoms with E-state index in [0.717, 1.165) is 11.1 Å². The minimum Gasteiger partial charge on any atom is -0.373 e. The first-order valence-electron chi connectivity index (χ1n) is 9.49. The molecule has 0 spiro atoms. The summed E-state index contributed by atoms with van der Waals surface area (Å²) in [5.74, 6) is -0.895.